The van der Waals surface area contributed by atoms with Crippen molar-refractivity contribution in [1.29, 1.82) is 0 Å². The van der Waals surface area contributed by atoms with E-state index in [0.717, 1.165) is 13.1 Å². The van der Waals surface area contributed by atoms with Gasteiger partial charge in [0.1, 0.15) is 0 Å². The van der Waals surface area contributed by atoms with Crippen LogP contribution in [0.5, 0.6) is 0 Å². The second-order valence-corrected chi connectivity index (χ2v) is 12.1. The van der Waals surface area contributed by atoms with E-state index in [1.165, 1.54) is 54.0 Å². The second kappa shape index (κ2) is 9.85. The minimum atomic E-state index is -0.0764. The molecule has 1 heterocycles. The zero-order valence-electron chi connectivity index (χ0n) is 19.8. The number of rotatable bonds is 4. The number of anilines is 2. The van der Waals surface area contributed by atoms with Gasteiger partial charge in [0.15, 0.2) is 0 Å². The molecule has 2 nitrogen and oxygen atoms in total. The fourth-order valence-electron chi connectivity index (χ4n) is 4.84. The first-order chi connectivity index (χ1) is 15.3. The van der Waals surface area contributed by atoms with Gasteiger partial charge < -0.3 is 0 Å². The zero-order chi connectivity index (χ0) is 22.8. The third-order valence-corrected chi connectivity index (χ3v) is 9.17. The molecule has 1 aliphatic heterocycles. The van der Waals surface area contributed by atoms with E-state index in [0.29, 0.717) is 0 Å². The van der Waals surface area contributed by atoms with Crippen molar-refractivity contribution in [2.75, 3.05) is 22.9 Å². The van der Waals surface area contributed by atoms with E-state index >= 15 is 0 Å². The van der Waals surface area contributed by atoms with Crippen LogP contribution < -0.4 is 9.80 Å². The molecule has 32 heavy (non-hydrogen) atoms. The maximum absolute atomic E-state index is 2.60. The van der Waals surface area contributed by atoms with E-state index in [1.807, 2.05) is 11.8 Å². The molecule has 1 fully saturated rings. The van der Waals surface area contributed by atoms with E-state index in [1.54, 1.807) is 0 Å². The Kier molecular flexibility index (Phi) is 7.12. The quantitative estimate of drug-likeness (QED) is 0.278. The van der Waals surface area contributed by atoms with Gasteiger partial charge in [-0.15, -0.1) is 0 Å². The van der Waals surface area contributed by atoms with E-state index in [-0.39, 0.29) is 16.2 Å². The summed E-state index contributed by atoms with van der Waals surface area (Å²) in [6, 6.07) is 20.0. The summed E-state index contributed by atoms with van der Waals surface area (Å²) in [6.07, 6.45) is 0. The van der Waals surface area contributed by atoms with Crippen molar-refractivity contribution in [2.24, 2.45) is 0 Å². The number of aryl methyl sites for hydroxylation is 6. The number of nitrogens with zero attached hydrogens (tertiary/aromatic N) is 2. The standard InChI is InChI=1S/C21H26N2.C7H6S.Ru/c1-14-9-16(3)20(17(4)10-14)22-7-8-23(13-22)21-18(5)11-15(2)12-19(21)6;1-8-7-5-3-2-4-6-7;/h9-12H,7-8H2,1-6H3;1-6H;. The molecule has 0 spiro atoms. The summed E-state index contributed by atoms with van der Waals surface area (Å²) in [5.74, 6) is 0. The van der Waals surface area contributed by atoms with E-state index in [2.05, 4.69) is 110 Å². The predicted octanol–water partition coefficient (Wildman–Crippen LogP) is 6.59. The summed E-state index contributed by atoms with van der Waals surface area (Å²) in [5, 5.41) is 0. The van der Waals surface area contributed by atoms with Crippen LogP contribution >= 0.6 is 11.8 Å². The van der Waals surface area contributed by atoms with Crippen molar-refractivity contribution in [3.05, 3.63) is 88.0 Å². The van der Waals surface area contributed by atoms with Crippen molar-refractivity contribution >= 4 is 31.4 Å². The Morgan fingerprint density at radius 2 is 1.12 bits per heavy atom. The molecule has 4 heteroatoms. The monoisotopic (exact) mass is 530 g/mol. The molecule has 0 bridgehead atoms. The molecule has 168 valence electrons. The van der Waals surface area contributed by atoms with Crippen molar-refractivity contribution in [2.45, 2.75) is 46.4 Å². The number of hydrogen-bond donors (Lipinski definition) is 0. The molecule has 0 atom stereocenters. The average molecular weight is 530 g/mol. The van der Waals surface area contributed by atoms with Gasteiger partial charge in [-0.25, -0.2) is 0 Å². The number of thioether (sulfide) groups is 1. The van der Waals surface area contributed by atoms with Crippen molar-refractivity contribution in [1.82, 2.24) is 0 Å². The van der Waals surface area contributed by atoms with Gasteiger partial charge >= 0.3 is 205 Å². The molecule has 0 unspecified atom stereocenters. The van der Waals surface area contributed by atoms with Crippen LogP contribution in [0.4, 0.5) is 11.4 Å². The zero-order valence-corrected chi connectivity index (χ0v) is 22.4. The summed E-state index contributed by atoms with van der Waals surface area (Å²) in [5.41, 5.74) is 10.9. The summed E-state index contributed by atoms with van der Waals surface area (Å²) in [4.78, 5) is 6.51. The van der Waals surface area contributed by atoms with Gasteiger partial charge in [0.25, 0.3) is 0 Å². The van der Waals surface area contributed by atoms with Gasteiger partial charge in [-0.2, -0.15) is 0 Å². The van der Waals surface area contributed by atoms with Gasteiger partial charge in [0, 0.05) is 0 Å². The molecule has 0 radical (unpaired) electrons. The Hall–Kier alpha value is -2.03. The Balaban J connectivity index is 1.82. The van der Waals surface area contributed by atoms with Crippen LogP contribution in [0.25, 0.3) is 0 Å². The van der Waals surface area contributed by atoms with E-state index in [9.17, 15) is 0 Å². The minimum absolute atomic E-state index is 0.0764. The molecule has 1 aliphatic rings. The molecule has 3 aromatic carbocycles. The first-order valence-electron chi connectivity index (χ1n) is 11.1. The number of benzene rings is 3. The maximum atomic E-state index is 2.60. The van der Waals surface area contributed by atoms with Crippen LogP contribution in [0.3, 0.4) is 0 Å². The van der Waals surface area contributed by atoms with Gasteiger partial charge in [0.05, 0.1) is 0 Å². The van der Waals surface area contributed by atoms with E-state index in [4.69, 9.17) is 0 Å². The molecule has 3 aromatic rings. The Labute approximate surface area is 204 Å². The molecule has 0 N–H and O–H groups in total. The van der Waals surface area contributed by atoms with Crippen LogP contribution in [0.2, 0.25) is 0 Å². The van der Waals surface area contributed by atoms with Crippen LogP contribution in [-0.4, -0.2) is 21.4 Å². The molecule has 0 saturated carbocycles. The summed E-state index contributed by atoms with van der Waals surface area (Å²) < 4.78 is 3.91. The Morgan fingerprint density at radius 1 is 0.688 bits per heavy atom. The number of hydrogen-bond acceptors (Lipinski definition) is 3. The van der Waals surface area contributed by atoms with Gasteiger partial charge in [0.2, 0.25) is 0 Å². The summed E-state index contributed by atoms with van der Waals surface area (Å²) >= 11 is 1.79. The third kappa shape index (κ3) is 4.82. The fraction of sp³-hybridized carbons (Fsp3) is 0.286. The first-order valence-corrected chi connectivity index (χ1v) is 13.8. The van der Waals surface area contributed by atoms with Crippen LogP contribution in [0.15, 0.2) is 59.5 Å². The normalized spacial score (nSPS) is 13.8. The average Bonchev–Trinajstić information content (AvgIpc) is 3.10. The Bertz CT molecular complexity index is 1100. The van der Waals surface area contributed by atoms with Crippen LogP contribution in [0.1, 0.15) is 33.4 Å². The molecule has 0 aliphatic carbocycles. The van der Waals surface area contributed by atoms with Gasteiger partial charge in [-0.3, -0.25) is 0 Å². The molecular formula is C28H32N2RuS. The predicted molar refractivity (Wildman–Crippen MR) is 139 cm³/mol. The van der Waals surface area contributed by atoms with Crippen molar-refractivity contribution in [3.63, 3.8) is 0 Å². The third-order valence-electron chi connectivity index (χ3n) is 5.84. The summed E-state index contributed by atoms with van der Waals surface area (Å²) in [6.45, 7) is 15.5. The molecular weight excluding hydrogens is 497 g/mol. The Morgan fingerprint density at radius 3 is 1.56 bits per heavy atom. The molecule has 0 aromatic heterocycles. The SMILES string of the molecule is Cc1cc(C)c(N2CCN(c3c(C)cc(C)cc3C)[C]2=[Ru]=[CH]Sc2ccccc2)c(C)c1. The van der Waals surface area contributed by atoms with Crippen molar-refractivity contribution < 1.29 is 16.2 Å². The molecule has 1 saturated heterocycles. The molecule has 0 amide bonds. The first kappa shape index (κ1) is 23.1. The molecule has 4 rings (SSSR count). The van der Waals surface area contributed by atoms with Crippen LogP contribution in [0, 0.1) is 41.5 Å². The van der Waals surface area contributed by atoms with Crippen LogP contribution in [-0.2, 0) is 16.2 Å². The van der Waals surface area contributed by atoms with E-state index < -0.39 is 0 Å². The summed E-state index contributed by atoms with van der Waals surface area (Å²) in [7, 11) is 0. The van der Waals surface area contributed by atoms with Gasteiger partial charge in [-0.1, -0.05) is 0 Å². The topological polar surface area (TPSA) is 6.48 Å². The fourth-order valence-corrected chi connectivity index (χ4v) is 8.25. The second-order valence-electron chi connectivity index (χ2n) is 8.67. The van der Waals surface area contributed by atoms with Crippen molar-refractivity contribution in [3.8, 4) is 0 Å². The van der Waals surface area contributed by atoms with Gasteiger partial charge in [-0.05, 0) is 0 Å².